The molecule has 1 aliphatic rings. The molecular formula is C18H22N4O4S. The molecule has 0 spiro atoms. The molecule has 1 aliphatic carbocycles. The van der Waals surface area contributed by atoms with Gasteiger partial charge in [0, 0.05) is 18.7 Å². The Kier molecular flexibility index (Phi) is 6.36. The second-order valence-corrected chi connectivity index (χ2v) is 7.24. The molecule has 2 aromatic rings. The number of imide groups is 1. The number of anilines is 1. The van der Waals surface area contributed by atoms with E-state index in [1.165, 1.54) is 11.3 Å². The van der Waals surface area contributed by atoms with E-state index in [2.05, 4.69) is 20.8 Å². The number of hydrogen-bond acceptors (Lipinski definition) is 7. The molecule has 1 fully saturated rings. The summed E-state index contributed by atoms with van der Waals surface area (Å²) >= 11 is 1.29. The number of amides is 3. The lowest BCUT2D eigenvalue weighted by atomic mass is 9.87. The summed E-state index contributed by atoms with van der Waals surface area (Å²) < 4.78 is 10.9. The smallest absolute Gasteiger partial charge is 0.325 e. The van der Waals surface area contributed by atoms with Crippen LogP contribution < -0.4 is 15.4 Å². The van der Waals surface area contributed by atoms with Crippen molar-refractivity contribution in [1.82, 2.24) is 15.5 Å². The molecule has 1 aromatic carbocycles. The highest BCUT2D eigenvalue weighted by Gasteiger charge is 2.27. The van der Waals surface area contributed by atoms with E-state index in [0.717, 1.165) is 31.2 Å². The maximum atomic E-state index is 12.2. The summed E-state index contributed by atoms with van der Waals surface area (Å²) in [6.45, 7) is 1.86. The van der Waals surface area contributed by atoms with Crippen molar-refractivity contribution in [3.05, 3.63) is 29.3 Å². The number of carbonyl (C=O) groups is 2. The largest absolute Gasteiger partial charge is 0.430 e. The Labute approximate surface area is 161 Å². The van der Waals surface area contributed by atoms with Gasteiger partial charge in [-0.2, -0.15) is 0 Å². The number of aryl methyl sites for hydroxylation is 1. The van der Waals surface area contributed by atoms with Crippen LogP contribution >= 0.6 is 11.3 Å². The van der Waals surface area contributed by atoms with Crippen molar-refractivity contribution in [3.8, 4) is 10.9 Å². The van der Waals surface area contributed by atoms with Crippen molar-refractivity contribution >= 4 is 29.0 Å². The van der Waals surface area contributed by atoms with Gasteiger partial charge in [-0.1, -0.05) is 16.4 Å². The van der Waals surface area contributed by atoms with Gasteiger partial charge in [0.1, 0.15) is 11.3 Å². The molecule has 1 aromatic heterocycles. The molecule has 8 nitrogen and oxygen atoms in total. The first-order valence-corrected chi connectivity index (χ1v) is 9.62. The molecule has 3 amide bonds. The van der Waals surface area contributed by atoms with E-state index in [-0.39, 0.29) is 17.9 Å². The number of benzene rings is 1. The summed E-state index contributed by atoms with van der Waals surface area (Å²) in [7, 11) is 1.69. The molecule has 2 N–H and O–H groups in total. The van der Waals surface area contributed by atoms with Gasteiger partial charge >= 0.3 is 6.03 Å². The van der Waals surface area contributed by atoms with Gasteiger partial charge < -0.3 is 14.8 Å². The van der Waals surface area contributed by atoms with Crippen molar-refractivity contribution in [2.75, 3.05) is 12.4 Å². The van der Waals surface area contributed by atoms with Crippen LogP contribution in [-0.2, 0) is 9.53 Å². The zero-order chi connectivity index (χ0) is 19.2. The number of ether oxygens (including phenoxy) is 2. The van der Waals surface area contributed by atoms with Crippen LogP contribution in [0.25, 0.3) is 0 Å². The minimum Gasteiger partial charge on any atom is -0.430 e. The van der Waals surface area contributed by atoms with E-state index in [1.54, 1.807) is 30.8 Å². The zero-order valence-electron chi connectivity index (χ0n) is 15.2. The number of methoxy groups -OCH3 is 1. The highest BCUT2D eigenvalue weighted by molar-refractivity contribution is 7.11. The summed E-state index contributed by atoms with van der Waals surface area (Å²) in [4.78, 5) is 24.4. The van der Waals surface area contributed by atoms with E-state index in [4.69, 9.17) is 9.47 Å². The Bertz CT molecular complexity index is 789. The van der Waals surface area contributed by atoms with Crippen LogP contribution in [0.1, 0.15) is 31.2 Å². The van der Waals surface area contributed by atoms with Crippen molar-refractivity contribution < 1.29 is 19.1 Å². The van der Waals surface area contributed by atoms with Crippen LogP contribution in [0, 0.1) is 12.8 Å². The minimum absolute atomic E-state index is 0.147. The van der Waals surface area contributed by atoms with Crippen LogP contribution in [0.2, 0.25) is 0 Å². The summed E-state index contributed by atoms with van der Waals surface area (Å²) in [6.07, 6.45) is 3.35. The van der Waals surface area contributed by atoms with Crippen molar-refractivity contribution in [2.24, 2.45) is 5.92 Å². The highest BCUT2D eigenvalue weighted by Crippen LogP contribution is 2.28. The molecule has 27 heavy (non-hydrogen) atoms. The fourth-order valence-corrected chi connectivity index (χ4v) is 3.50. The Morgan fingerprint density at radius 3 is 2.63 bits per heavy atom. The third-order valence-corrected chi connectivity index (χ3v) is 5.15. The molecule has 0 saturated heterocycles. The normalized spacial score (nSPS) is 19.3. The Hall–Kier alpha value is -2.52. The van der Waals surface area contributed by atoms with Gasteiger partial charge in [-0.15, -0.1) is 5.10 Å². The zero-order valence-corrected chi connectivity index (χ0v) is 16.0. The number of aromatic nitrogens is 2. The molecule has 1 heterocycles. The van der Waals surface area contributed by atoms with E-state index in [9.17, 15) is 9.59 Å². The van der Waals surface area contributed by atoms with E-state index < -0.39 is 6.03 Å². The SMILES string of the molecule is COC1CCC(C(=O)NC(=O)Nc2ccc(Oc3nncs3)c(C)c2)CC1. The summed E-state index contributed by atoms with van der Waals surface area (Å²) in [5, 5.41) is 13.1. The van der Waals surface area contributed by atoms with Crippen LogP contribution in [0.15, 0.2) is 23.7 Å². The molecule has 0 radical (unpaired) electrons. The predicted molar refractivity (Wildman–Crippen MR) is 101 cm³/mol. The molecular weight excluding hydrogens is 368 g/mol. The highest BCUT2D eigenvalue weighted by atomic mass is 32.1. The number of carbonyl (C=O) groups excluding carboxylic acids is 2. The number of urea groups is 1. The first kappa shape index (κ1) is 19.2. The van der Waals surface area contributed by atoms with Gasteiger partial charge in [-0.05, 0) is 56.4 Å². The Balaban J connectivity index is 1.51. The Morgan fingerprint density at radius 1 is 1.22 bits per heavy atom. The van der Waals surface area contributed by atoms with Gasteiger partial charge in [0.05, 0.1) is 6.10 Å². The quantitative estimate of drug-likeness (QED) is 0.810. The van der Waals surface area contributed by atoms with Gasteiger partial charge in [-0.3, -0.25) is 10.1 Å². The molecule has 0 atom stereocenters. The average Bonchev–Trinajstić information content (AvgIpc) is 3.17. The third kappa shape index (κ3) is 5.24. The molecule has 144 valence electrons. The summed E-state index contributed by atoms with van der Waals surface area (Å²) in [6, 6.07) is 4.67. The Morgan fingerprint density at radius 2 is 2.00 bits per heavy atom. The molecule has 9 heteroatoms. The van der Waals surface area contributed by atoms with Crippen LogP contribution in [0.5, 0.6) is 10.9 Å². The van der Waals surface area contributed by atoms with E-state index in [0.29, 0.717) is 16.6 Å². The molecule has 0 bridgehead atoms. The van der Waals surface area contributed by atoms with Crippen molar-refractivity contribution in [3.63, 3.8) is 0 Å². The lowest BCUT2D eigenvalue weighted by Crippen LogP contribution is -2.40. The fourth-order valence-electron chi connectivity index (χ4n) is 3.08. The molecule has 1 saturated carbocycles. The van der Waals surface area contributed by atoms with Crippen LogP contribution in [-0.4, -0.2) is 35.3 Å². The maximum Gasteiger partial charge on any atom is 0.325 e. The van der Waals surface area contributed by atoms with Gasteiger partial charge in [0.25, 0.3) is 5.19 Å². The first-order valence-electron chi connectivity index (χ1n) is 8.74. The van der Waals surface area contributed by atoms with Crippen molar-refractivity contribution in [2.45, 2.75) is 38.7 Å². The first-order chi connectivity index (χ1) is 13.0. The number of nitrogens with zero attached hydrogens (tertiary/aromatic N) is 2. The minimum atomic E-state index is -0.536. The van der Waals surface area contributed by atoms with Gasteiger partial charge in [-0.25, -0.2) is 4.79 Å². The van der Waals surface area contributed by atoms with Crippen LogP contribution in [0.4, 0.5) is 10.5 Å². The molecule has 0 aliphatic heterocycles. The monoisotopic (exact) mass is 390 g/mol. The van der Waals surface area contributed by atoms with Gasteiger partial charge in [0.2, 0.25) is 5.91 Å². The lowest BCUT2D eigenvalue weighted by molar-refractivity contribution is -0.125. The number of hydrogen-bond donors (Lipinski definition) is 2. The van der Waals surface area contributed by atoms with E-state index >= 15 is 0 Å². The van der Waals surface area contributed by atoms with Crippen molar-refractivity contribution in [1.29, 1.82) is 0 Å². The lowest BCUT2D eigenvalue weighted by Gasteiger charge is -2.26. The molecule has 3 rings (SSSR count). The third-order valence-electron chi connectivity index (χ3n) is 4.59. The van der Waals surface area contributed by atoms with Gasteiger partial charge in [0.15, 0.2) is 0 Å². The topological polar surface area (TPSA) is 102 Å². The average molecular weight is 390 g/mol. The van der Waals surface area contributed by atoms with Crippen LogP contribution in [0.3, 0.4) is 0 Å². The summed E-state index contributed by atoms with van der Waals surface area (Å²) in [5.74, 6) is 0.241. The van der Waals surface area contributed by atoms with E-state index in [1.807, 2.05) is 6.92 Å². The predicted octanol–water partition coefficient (Wildman–Crippen LogP) is 3.49. The second kappa shape index (κ2) is 8.92. The standard InChI is InChI=1S/C18H22N4O4S/c1-11-9-13(5-8-15(11)26-18-22-19-10-27-18)20-17(24)21-16(23)12-3-6-14(25-2)7-4-12/h5,8-10,12,14H,3-4,6-7H2,1-2H3,(H2,20,21,23,24). The second-order valence-electron chi connectivity index (χ2n) is 6.44. The fraction of sp³-hybridized carbons (Fsp3) is 0.444. The molecule has 0 unspecified atom stereocenters. The maximum absolute atomic E-state index is 12.2. The number of nitrogens with one attached hydrogen (secondary N) is 2. The number of rotatable bonds is 5. The summed E-state index contributed by atoms with van der Waals surface area (Å²) in [5.41, 5.74) is 2.99.